The Bertz CT molecular complexity index is 618. The van der Waals surface area contributed by atoms with E-state index in [2.05, 4.69) is 5.32 Å². The lowest BCUT2D eigenvalue weighted by atomic mass is 10.1. The highest BCUT2D eigenvalue weighted by atomic mass is 16.3. The molecular weight excluding hydrogens is 242 g/mol. The molecule has 4 heteroatoms. The molecule has 2 N–H and O–H groups in total. The van der Waals surface area contributed by atoms with Crippen LogP contribution in [0.25, 0.3) is 0 Å². The summed E-state index contributed by atoms with van der Waals surface area (Å²) in [7, 11) is 0. The Morgan fingerprint density at radius 1 is 1.16 bits per heavy atom. The van der Waals surface area contributed by atoms with E-state index in [0.717, 1.165) is 6.29 Å². The molecule has 0 saturated heterocycles. The summed E-state index contributed by atoms with van der Waals surface area (Å²) in [5, 5.41) is 12.3. The highest BCUT2D eigenvalue weighted by Crippen LogP contribution is 2.18. The lowest BCUT2D eigenvalue weighted by molar-refractivity contribution is 0.102. The highest BCUT2D eigenvalue weighted by molar-refractivity contribution is 6.04. The third-order valence-corrected chi connectivity index (χ3v) is 2.78. The van der Waals surface area contributed by atoms with E-state index < -0.39 is 0 Å². The van der Waals surface area contributed by atoms with E-state index in [4.69, 9.17) is 0 Å². The van der Waals surface area contributed by atoms with Gasteiger partial charge in [-0.2, -0.15) is 0 Å². The van der Waals surface area contributed by atoms with Crippen LogP contribution in [0, 0.1) is 6.92 Å². The van der Waals surface area contributed by atoms with Crippen LogP contribution in [-0.4, -0.2) is 17.3 Å². The number of anilines is 1. The zero-order valence-corrected chi connectivity index (χ0v) is 10.4. The van der Waals surface area contributed by atoms with Gasteiger partial charge in [0.2, 0.25) is 0 Å². The fraction of sp³-hybridized carbons (Fsp3) is 0.0667. The molecule has 0 radical (unpaired) electrons. The van der Waals surface area contributed by atoms with Gasteiger partial charge < -0.3 is 10.4 Å². The van der Waals surface area contributed by atoms with Crippen molar-refractivity contribution < 1.29 is 14.7 Å². The molecule has 1 amide bonds. The normalized spacial score (nSPS) is 9.95. The number of aryl methyl sites for hydroxylation is 1. The quantitative estimate of drug-likeness (QED) is 0.829. The number of nitrogens with one attached hydrogen (secondary N) is 1. The molecule has 0 aromatic heterocycles. The summed E-state index contributed by atoms with van der Waals surface area (Å²) in [4.78, 5) is 22.5. The number of aldehydes is 1. The van der Waals surface area contributed by atoms with Crippen molar-refractivity contribution >= 4 is 17.9 Å². The van der Waals surface area contributed by atoms with Crippen LogP contribution in [0.3, 0.4) is 0 Å². The Balaban J connectivity index is 2.15. The average molecular weight is 255 g/mol. The van der Waals surface area contributed by atoms with E-state index in [1.807, 2.05) is 0 Å². The molecular formula is C15H13NO3. The van der Waals surface area contributed by atoms with Gasteiger partial charge in [-0.15, -0.1) is 0 Å². The Morgan fingerprint density at radius 2 is 1.84 bits per heavy atom. The molecule has 0 unspecified atom stereocenters. The number of hydrogen-bond acceptors (Lipinski definition) is 3. The van der Waals surface area contributed by atoms with Crippen molar-refractivity contribution in [1.29, 1.82) is 0 Å². The first kappa shape index (κ1) is 12.8. The molecule has 0 fully saturated rings. The maximum Gasteiger partial charge on any atom is 0.255 e. The minimum absolute atomic E-state index is 0.0870. The van der Waals surface area contributed by atoms with Crippen molar-refractivity contribution in [2.24, 2.45) is 0 Å². The molecule has 0 aliphatic carbocycles. The summed E-state index contributed by atoms with van der Waals surface area (Å²) < 4.78 is 0. The number of phenols is 1. The van der Waals surface area contributed by atoms with Gasteiger partial charge in [0.05, 0.1) is 0 Å². The molecule has 0 saturated carbocycles. The second-order valence-corrected chi connectivity index (χ2v) is 4.20. The lowest BCUT2D eigenvalue weighted by Crippen LogP contribution is -2.11. The second kappa shape index (κ2) is 5.35. The van der Waals surface area contributed by atoms with Crippen molar-refractivity contribution in [3.05, 3.63) is 59.2 Å². The first-order chi connectivity index (χ1) is 9.10. The predicted molar refractivity (Wildman–Crippen MR) is 72.6 cm³/mol. The highest BCUT2D eigenvalue weighted by Gasteiger charge is 2.08. The summed E-state index contributed by atoms with van der Waals surface area (Å²) in [6.07, 6.45) is 0.740. The van der Waals surface area contributed by atoms with Crippen molar-refractivity contribution in [2.45, 2.75) is 6.92 Å². The van der Waals surface area contributed by atoms with Gasteiger partial charge in [0, 0.05) is 16.8 Å². The standard InChI is InChI=1S/C15H13NO3/c1-10-2-5-12(8-14(10)18)15(19)16-13-6-3-11(9-17)4-7-13/h2-9,18H,1H3,(H,16,19). The van der Waals surface area contributed by atoms with Crippen molar-refractivity contribution in [2.75, 3.05) is 5.32 Å². The summed E-state index contributed by atoms with van der Waals surface area (Å²) in [5.41, 5.74) is 2.23. The van der Waals surface area contributed by atoms with E-state index in [9.17, 15) is 14.7 Å². The fourth-order valence-corrected chi connectivity index (χ4v) is 1.60. The van der Waals surface area contributed by atoms with Crippen molar-refractivity contribution in [3.8, 4) is 5.75 Å². The number of phenolic OH excluding ortho intramolecular Hbond substituents is 1. The number of hydrogen-bond donors (Lipinski definition) is 2. The van der Waals surface area contributed by atoms with Gasteiger partial charge in [0.15, 0.2) is 0 Å². The zero-order chi connectivity index (χ0) is 13.8. The Morgan fingerprint density at radius 3 is 2.42 bits per heavy atom. The minimum atomic E-state index is -0.311. The van der Waals surface area contributed by atoms with Crippen molar-refractivity contribution in [3.63, 3.8) is 0 Å². The van der Waals surface area contributed by atoms with E-state index in [1.54, 1.807) is 43.3 Å². The third-order valence-electron chi connectivity index (χ3n) is 2.78. The molecule has 96 valence electrons. The molecule has 2 aromatic rings. The molecule has 0 aliphatic heterocycles. The van der Waals surface area contributed by atoms with Crippen LogP contribution in [0.2, 0.25) is 0 Å². The zero-order valence-electron chi connectivity index (χ0n) is 10.4. The first-order valence-corrected chi connectivity index (χ1v) is 5.76. The van der Waals surface area contributed by atoms with Gasteiger partial charge in [-0.25, -0.2) is 0 Å². The smallest absolute Gasteiger partial charge is 0.255 e. The molecule has 0 spiro atoms. The summed E-state index contributed by atoms with van der Waals surface area (Å²) >= 11 is 0. The molecule has 0 heterocycles. The van der Waals surface area contributed by atoms with Gasteiger partial charge in [0.1, 0.15) is 12.0 Å². The van der Waals surface area contributed by atoms with Gasteiger partial charge in [-0.05, 0) is 48.9 Å². The van der Waals surface area contributed by atoms with Gasteiger partial charge in [-0.1, -0.05) is 6.07 Å². The van der Waals surface area contributed by atoms with E-state index in [0.29, 0.717) is 22.4 Å². The molecule has 19 heavy (non-hydrogen) atoms. The first-order valence-electron chi connectivity index (χ1n) is 5.76. The van der Waals surface area contributed by atoms with Crippen LogP contribution < -0.4 is 5.32 Å². The van der Waals surface area contributed by atoms with Crippen LogP contribution in [0.5, 0.6) is 5.75 Å². The van der Waals surface area contributed by atoms with Gasteiger partial charge in [-0.3, -0.25) is 9.59 Å². The topological polar surface area (TPSA) is 66.4 Å². The SMILES string of the molecule is Cc1ccc(C(=O)Nc2ccc(C=O)cc2)cc1O. The number of amides is 1. The van der Waals surface area contributed by atoms with Crippen molar-refractivity contribution in [1.82, 2.24) is 0 Å². The van der Waals surface area contributed by atoms with E-state index in [-0.39, 0.29) is 11.7 Å². The molecule has 2 aromatic carbocycles. The molecule has 0 bridgehead atoms. The van der Waals surface area contributed by atoms with E-state index in [1.165, 1.54) is 6.07 Å². The lowest BCUT2D eigenvalue weighted by Gasteiger charge is -2.06. The van der Waals surface area contributed by atoms with Crippen LogP contribution in [0.4, 0.5) is 5.69 Å². The Labute approximate surface area is 110 Å². The number of benzene rings is 2. The largest absolute Gasteiger partial charge is 0.508 e. The number of aromatic hydroxyl groups is 1. The molecule has 0 atom stereocenters. The second-order valence-electron chi connectivity index (χ2n) is 4.20. The summed E-state index contributed by atoms with van der Waals surface area (Å²) in [6.45, 7) is 1.76. The van der Waals surface area contributed by atoms with Crippen LogP contribution in [0.1, 0.15) is 26.3 Å². The maximum atomic E-state index is 11.9. The molecule has 0 aliphatic rings. The minimum Gasteiger partial charge on any atom is -0.508 e. The van der Waals surface area contributed by atoms with E-state index >= 15 is 0 Å². The number of carbonyl (C=O) groups excluding carboxylic acids is 2. The van der Waals surface area contributed by atoms with Gasteiger partial charge >= 0.3 is 0 Å². The monoisotopic (exact) mass is 255 g/mol. The molecule has 2 rings (SSSR count). The van der Waals surface area contributed by atoms with Crippen LogP contribution >= 0.6 is 0 Å². The fourth-order valence-electron chi connectivity index (χ4n) is 1.60. The number of carbonyl (C=O) groups is 2. The third kappa shape index (κ3) is 2.98. The average Bonchev–Trinajstić information content (AvgIpc) is 2.42. The Hall–Kier alpha value is -2.62. The Kier molecular flexibility index (Phi) is 3.61. The molecule has 4 nitrogen and oxygen atoms in total. The number of rotatable bonds is 3. The van der Waals surface area contributed by atoms with Gasteiger partial charge in [0.25, 0.3) is 5.91 Å². The summed E-state index contributed by atoms with van der Waals surface area (Å²) in [6, 6.07) is 11.3. The maximum absolute atomic E-state index is 11.9. The van der Waals surface area contributed by atoms with Crippen LogP contribution in [0.15, 0.2) is 42.5 Å². The predicted octanol–water partition coefficient (Wildman–Crippen LogP) is 2.77. The summed E-state index contributed by atoms with van der Waals surface area (Å²) in [5.74, 6) is -0.224. The van der Waals surface area contributed by atoms with Crippen LogP contribution in [-0.2, 0) is 0 Å².